The van der Waals surface area contributed by atoms with Crippen molar-refractivity contribution in [3.05, 3.63) is 64.1 Å². The maximum absolute atomic E-state index is 14.5. The molecule has 2 amide bonds. The minimum Gasteiger partial charge on any atom is -0.481 e. The zero-order chi connectivity index (χ0) is 33.1. The molecule has 5 rings (SSSR count). The third kappa shape index (κ3) is 7.68. The molecule has 3 aromatic rings. The van der Waals surface area contributed by atoms with Gasteiger partial charge in [-0.15, -0.1) is 0 Å². The van der Waals surface area contributed by atoms with Crippen LogP contribution in [0.5, 0.6) is 0 Å². The van der Waals surface area contributed by atoms with E-state index in [4.69, 9.17) is 14.6 Å². The Morgan fingerprint density at radius 3 is 2.41 bits per heavy atom. The Morgan fingerprint density at radius 2 is 1.76 bits per heavy atom. The number of nitrogens with one attached hydrogen (secondary N) is 1. The summed E-state index contributed by atoms with van der Waals surface area (Å²) >= 11 is 3.56. The second-order valence-electron chi connectivity index (χ2n) is 13.1. The van der Waals surface area contributed by atoms with Crippen molar-refractivity contribution >= 4 is 50.5 Å². The number of rotatable bonds is 9. The fourth-order valence-electron chi connectivity index (χ4n) is 6.14. The number of halogens is 1. The van der Waals surface area contributed by atoms with Crippen molar-refractivity contribution in [2.75, 3.05) is 13.1 Å². The molecule has 2 aliphatic rings. The topological polar surface area (TPSA) is 130 Å². The molecule has 1 aliphatic heterocycles. The Hall–Kier alpha value is -3.99. The molecule has 1 saturated carbocycles. The first-order chi connectivity index (χ1) is 21.8. The molecule has 2 N–H and O–H groups in total. The zero-order valence-electron chi connectivity index (χ0n) is 26.8. The number of benzene rings is 2. The number of oxime groups is 1. The Labute approximate surface area is 277 Å². The quantitative estimate of drug-likeness (QED) is 0.178. The van der Waals surface area contributed by atoms with E-state index in [1.54, 1.807) is 4.90 Å². The molecule has 11 heteroatoms. The van der Waals surface area contributed by atoms with Crippen LogP contribution in [0.1, 0.15) is 81.6 Å². The van der Waals surface area contributed by atoms with Crippen LogP contribution in [0.25, 0.3) is 22.2 Å². The lowest BCUT2D eigenvalue weighted by atomic mass is 9.76. The normalized spacial score (nSPS) is 16.9. The fraction of sp³-hybridized carbons (Fsp3) is 0.457. The largest absolute Gasteiger partial charge is 0.481 e. The van der Waals surface area contributed by atoms with Gasteiger partial charge in [0.05, 0.1) is 47.5 Å². The first-order valence-corrected chi connectivity index (χ1v) is 16.6. The number of amides is 2. The molecule has 1 aromatic heterocycles. The molecule has 0 bridgehead atoms. The highest BCUT2D eigenvalue weighted by Gasteiger charge is 2.41. The van der Waals surface area contributed by atoms with Gasteiger partial charge in [-0.05, 0) is 64.3 Å². The molecule has 0 atom stereocenters. The number of hydrogen-bond donors (Lipinski definition) is 2. The summed E-state index contributed by atoms with van der Waals surface area (Å²) in [6.45, 7) is 7.97. The van der Waals surface area contributed by atoms with Gasteiger partial charge in [0.2, 0.25) is 0 Å². The van der Waals surface area contributed by atoms with Crippen molar-refractivity contribution in [2.24, 2.45) is 5.16 Å². The Bertz CT molecular complexity index is 1640. The number of carboxylic acid groups (broad SMARTS) is 1. The van der Waals surface area contributed by atoms with Gasteiger partial charge in [-0.1, -0.05) is 70.7 Å². The number of hydrogen-bond acceptors (Lipinski definition) is 7. The molecule has 10 nitrogen and oxygen atoms in total. The highest BCUT2D eigenvalue weighted by molar-refractivity contribution is 9.10. The van der Waals surface area contributed by atoms with Crippen LogP contribution < -0.4 is 5.32 Å². The van der Waals surface area contributed by atoms with Gasteiger partial charge in [-0.2, -0.15) is 0 Å². The summed E-state index contributed by atoms with van der Waals surface area (Å²) in [7, 11) is 0. The highest BCUT2D eigenvalue weighted by Crippen LogP contribution is 2.35. The number of nitrogens with zero attached hydrogens (tertiary/aromatic N) is 3. The van der Waals surface area contributed by atoms with Crippen molar-refractivity contribution in [3.8, 4) is 11.3 Å². The lowest BCUT2D eigenvalue weighted by molar-refractivity contribution is -0.136. The molecule has 2 heterocycles. The van der Waals surface area contributed by atoms with Gasteiger partial charge < -0.3 is 24.9 Å². The van der Waals surface area contributed by atoms with Crippen LogP contribution in [-0.4, -0.2) is 69.0 Å². The van der Waals surface area contributed by atoms with Gasteiger partial charge in [0.25, 0.3) is 5.91 Å². The SMILES string of the molecule is Cc1c(-c2ccccc2)nc2ccc(Br)cc2c1C(=O)NC1(/C(CCC(=O)O)=N/OC2CN(C(=O)OC(C)(C)C)C2)CCCCC1. The number of aromatic nitrogens is 1. The van der Waals surface area contributed by atoms with Gasteiger partial charge in [0.1, 0.15) is 5.60 Å². The highest BCUT2D eigenvalue weighted by atomic mass is 79.9. The maximum Gasteiger partial charge on any atom is 0.410 e. The van der Waals surface area contributed by atoms with Crippen LogP contribution in [-0.2, 0) is 14.4 Å². The summed E-state index contributed by atoms with van der Waals surface area (Å²) in [6, 6.07) is 15.5. The molecule has 46 heavy (non-hydrogen) atoms. The minimum atomic E-state index is -0.960. The number of carbonyl (C=O) groups excluding carboxylic acids is 2. The Balaban J connectivity index is 1.47. The molecule has 1 aliphatic carbocycles. The molecule has 1 saturated heterocycles. The minimum absolute atomic E-state index is 0.120. The van der Waals surface area contributed by atoms with Crippen molar-refractivity contribution < 1.29 is 29.1 Å². The number of carbonyl (C=O) groups is 3. The third-order valence-electron chi connectivity index (χ3n) is 8.46. The Kier molecular flexibility index (Phi) is 10.0. The third-order valence-corrected chi connectivity index (χ3v) is 8.96. The van der Waals surface area contributed by atoms with Gasteiger partial charge in [-0.3, -0.25) is 9.59 Å². The van der Waals surface area contributed by atoms with E-state index in [2.05, 4.69) is 26.4 Å². The predicted octanol–water partition coefficient (Wildman–Crippen LogP) is 7.26. The molecule has 0 radical (unpaired) electrons. The van der Waals surface area contributed by atoms with E-state index in [0.717, 1.165) is 40.6 Å². The monoisotopic (exact) mass is 692 g/mol. The molecule has 2 aromatic carbocycles. The Morgan fingerprint density at radius 1 is 1.07 bits per heavy atom. The number of carboxylic acids is 1. The van der Waals surface area contributed by atoms with Crippen LogP contribution in [0.15, 0.2) is 58.2 Å². The summed E-state index contributed by atoms with van der Waals surface area (Å²) in [5, 5.41) is 18.2. The van der Waals surface area contributed by atoms with E-state index in [9.17, 15) is 19.5 Å². The summed E-state index contributed by atoms with van der Waals surface area (Å²) in [5.41, 5.74) is 2.59. The molecule has 0 unspecified atom stereocenters. The van der Waals surface area contributed by atoms with Gasteiger partial charge in [-0.25, -0.2) is 9.78 Å². The smallest absolute Gasteiger partial charge is 0.410 e. The number of fused-ring (bicyclic) bond motifs is 1. The van der Waals surface area contributed by atoms with Crippen LogP contribution in [0.2, 0.25) is 0 Å². The lowest BCUT2D eigenvalue weighted by Crippen LogP contribution is -2.57. The van der Waals surface area contributed by atoms with Gasteiger partial charge in [0.15, 0.2) is 6.10 Å². The standard InChI is InChI=1S/C35H41BrN4O6/c1-22-30(26-19-24(36)13-14-27(26)37-31(22)23-11-7-5-8-12-23)32(43)38-35(17-9-6-10-18-35)28(15-16-29(41)42)39-46-25-20-40(21-25)33(44)45-34(2,3)4/h5,7-8,11-14,19,25H,6,9-10,15-18,20-21H2,1-4H3,(H,38,43)(H,41,42)/b39-28+. The second-order valence-corrected chi connectivity index (χ2v) is 14.0. The van der Waals surface area contributed by atoms with E-state index in [0.29, 0.717) is 48.1 Å². The van der Waals surface area contributed by atoms with Crippen molar-refractivity contribution in [1.29, 1.82) is 0 Å². The summed E-state index contributed by atoms with van der Waals surface area (Å²) in [4.78, 5) is 51.0. The number of ether oxygens (including phenoxy) is 1. The average molecular weight is 694 g/mol. The predicted molar refractivity (Wildman–Crippen MR) is 180 cm³/mol. The maximum atomic E-state index is 14.5. The molecular formula is C35H41BrN4O6. The zero-order valence-corrected chi connectivity index (χ0v) is 28.4. The average Bonchev–Trinajstić information content (AvgIpc) is 2.97. The first kappa shape index (κ1) is 33.4. The summed E-state index contributed by atoms with van der Waals surface area (Å²) in [6.07, 6.45) is 3.09. The number of likely N-dealkylation sites (tertiary alicyclic amines) is 1. The van der Waals surface area contributed by atoms with Crippen LogP contribution >= 0.6 is 15.9 Å². The van der Waals surface area contributed by atoms with Gasteiger partial charge in [0, 0.05) is 21.8 Å². The van der Waals surface area contributed by atoms with E-state index < -0.39 is 23.2 Å². The van der Waals surface area contributed by atoms with E-state index in [-0.39, 0.29) is 24.9 Å². The van der Waals surface area contributed by atoms with Crippen LogP contribution in [0.3, 0.4) is 0 Å². The molecular weight excluding hydrogens is 652 g/mol. The summed E-state index contributed by atoms with van der Waals surface area (Å²) < 4.78 is 6.26. The lowest BCUT2D eigenvalue weighted by Gasteiger charge is -2.40. The summed E-state index contributed by atoms with van der Waals surface area (Å²) in [5.74, 6) is -1.23. The molecule has 2 fully saturated rings. The number of aliphatic carboxylic acids is 1. The van der Waals surface area contributed by atoms with E-state index in [1.807, 2.05) is 76.2 Å². The van der Waals surface area contributed by atoms with Crippen molar-refractivity contribution in [1.82, 2.24) is 15.2 Å². The second kappa shape index (κ2) is 13.8. The first-order valence-electron chi connectivity index (χ1n) is 15.8. The molecule has 0 spiro atoms. The molecule has 244 valence electrons. The van der Waals surface area contributed by atoms with E-state index in [1.165, 1.54) is 0 Å². The van der Waals surface area contributed by atoms with Crippen molar-refractivity contribution in [2.45, 2.75) is 89.9 Å². The number of pyridine rings is 1. The van der Waals surface area contributed by atoms with Crippen molar-refractivity contribution in [3.63, 3.8) is 0 Å². The van der Waals surface area contributed by atoms with Gasteiger partial charge >= 0.3 is 12.1 Å². The van der Waals surface area contributed by atoms with Crippen LogP contribution in [0, 0.1) is 6.92 Å². The van der Waals surface area contributed by atoms with E-state index >= 15 is 0 Å². The van der Waals surface area contributed by atoms with Crippen LogP contribution in [0.4, 0.5) is 4.79 Å². The fourth-order valence-corrected chi connectivity index (χ4v) is 6.50.